The van der Waals surface area contributed by atoms with E-state index in [9.17, 15) is 4.79 Å². The molecule has 1 amide bonds. The predicted octanol–water partition coefficient (Wildman–Crippen LogP) is 5.30. The summed E-state index contributed by atoms with van der Waals surface area (Å²) < 4.78 is 11.8. The number of likely N-dealkylation sites (tertiary alicyclic amines) is 1. The van der Waals surface area contributed by atoms with Crippen LogP contribution in [-0.2, 0) is 11.3 Å². The number of carbonyl (C=O) groups is 1. The van der Waals surface area contributed by atoms with E-state index in [-0.39, 0.29) is 12.0 Å². The van der Waals surface area contributed by atoms with Crippen LogP contribution in [-0.4, -0.2) is 30.0 Å². The number of benzene rings is 3. The van der Waals surface area contributed by atoms with Gasteiger partial charge in [0.05, 0.1) is 12.7 Å². The smallest absolute Gasteiger partial charge is 0.253 e. The molecule has 4 nitrogen and oxygen atoms in total. The second kappa shape index (κ2) is 9.39. The van der Waals surface area contributed by atoms with Crippen molar-refractivity contribution in [3.63, 3.8) is 0 Å². The van der Waals surface area contributed by atoms with E-state index in [0.29, 0.717) is 12.2 Å². The van der Waals surface area contributed by atoms with Gasteiger partial charge in [0.2, 0.25) is 0 Å². The number of nitrogens with zero attached hydrogens (tertiary/aromatic N) is 1. The molecule has 0 radical (unpaired) electrons. The maximum atomic E-state index is 12.8. The van der Waals surface area contributed by atoms with E-state index >= 15 is 0 Å². The Morgan fingerprint density at radius 3 is 2.03 bits per heavy atom. The molecular formula is C25H25NO3. The highest BCUT2D eigenvalue weighted by Gasteiger charge is 2.24. The molecule has 0 spiro atoms. The number of carbonyl (C=O) groups excluding carboxylic acids is 1. The van der Waals surface area contributed by atoms with Crippen molar-refractivity contribution in [2.24, 2.45) is 0 Å². The van der Waals surface area contributed by atoms with Crippen LogP contribution in [0.3, 0.4) is 0 Å². The van der Waals surface area contributed by atoms with Crippen molar-refractivity contribution in [2.75, 3.05) is 13.1 Å². The molecule has 148 valence electrons. The molecule has 0 N–H and O–H groups in total. The second-order valence-electron chi connectivity index (χ2n) is 7.23. The number of piperidine rings is 1. The summed E-state index contributed by atoms with van der Waals surface area (Å²) in [5.74, 6) is 1.57. The highest BCUT2D eigenvalue weighted by molar-refractivity contribution is 5.94. The van der Waals surface area contributed by atoms with Crippen molar-refractivity contribution in [3.05, 3.63) is 96.1 Å². The van der Waals surface area contributed by atoms with Gasteiger partial charge >= 0.3 is 0 Å². The molecule has 3 aromatic carbocycles. The van der Waals surface area contributed by atoms with E-state index < -0.39 is 0 Å². The lowest BCUT2D eigenvalue weighted by atomic mass is 10.1. The van der Waals surface area contributed by atoms with Crippen LogP contribution < -0.4 is 4.74 Å². The molecule has 4 heteroatoms. The summed E-state index contributed by atoms with van der Waals surface area (Å²) in [6, 6.07) is 27.2. The highest BCUT2D eigenvalue weighted by Crippen LogP contribution is 2.23. The van der Waals surface area contributed by atoms with E-state index in [0.717, 1.165) is 37.4 Å². The zero-order valence-corrected chi connectivity index (χ0v) is 16.4. The quantitative estimate of drug-likeness (QED) is 0.576. The number of hydrogen-bond donors (Lipinski definition) is 0. The van der Waals surface area contributed by atoms with Gasteiger partial charge in [-0.3, -0.25) is 4.79 Å². The van der Waals surface area contributed by atoms with Crippen molar-refractivity contribution < 1.29 is 14.3 Å². The monoisotopic (exact) mass is 387 g/mol. The average molecular weight is 387 g/mol. The van der Waals surface area contributed by atoms with Crippen molar-refractivity contribution in [3.8, 4) is 11.5 Å². The van der Waals surface area contributed by atoms with Gasteiger partial charge in [-0.25, -0.2) is 0 Å². The Bertz CT molecular complexity index is 902. The molecule has 0 aromatic heterocycles. The molecule has 1 fully saturated rings. The topological polar surface area (TPSA) is 38.8 Å². The maximum absolute atomic E-state index is 12.8. The van der Waals surface area contributed by atoms with Crippen LogP contribution in [0.5, 0.6) is 11.5 Å². The van der Waals surface area contributed by atoms with Crippen molar-refractivity contribution in [1.82, 2.24) is 4.90 Å². The lowest BCUT2D eigenvalue weighted by Crippen LogP contribution is -2.40. The summed E-state index contributed by atoms with van der Waals surface area (Å²) in [6.45, 7) is 2.07. The van der Waals surface area contributed by atoms with Crippen LogP contribution >= 0.6 is 0 Å². The molecule has 1 aliphatic rings. The van der Waals surface area contributed by atoms with Crippen molar-refractivity contribution in [1.29, 1.82) is 0 Å². The number of rotatable bonds is 6. The fourth-order valence-corrected chi connectivity index (χ4v) is 3.49. The van der Waals surface area contributed by atoms with Crippen LogP contribution in [0.15, 0.2) is 84.9 Å². The Kier molecular flexibility index (Phi) is 6.22. The molecule has 1 saturated heterocycles. The Labute approximate surface area is 171 Å². The van der Waals surface area contributed by atoms with Gasteiger partial charge in [0.15, 0.2) is 0 Å². The Hall–Kier alpha value is -3.11. The minimum absolute atomic E-state index is 0.0674. The SMILES string of the molecule is O=C(c1ccc(Oc2ccccc2)cc1)N1CCC(OCc2ccccc2)CC1. The lowest BCUT2D eigenvalue weighted by Gasteiger charge is -2.32. The van der Waals surface area contributed by atoms with Gasteiger partial charge in [-0.2, -0.15) is 0 Å². The van der Waals surface area contributed by atoms with E-state index in [4.69, 9.17) is 9.47 Å². The first-order valence-corrected chi connectivity index (χ1v) is 10.1. The van der Waals surface area contributed by atoms with Crippen LogP contribution in [0.25, 0.3) is 0 Å². The van der Waals surface area contributed by atoms with E-state index in [1.54, 1.807) is 0 Å². The fourth-order valence-electron chi connectivity index (χ4n) is 3.49. The minimum Gasteiger partial charge on any atom is -0.457 e. The molecule has 0 bridgehead atoms. The van der Waals surface area contributed by atoms with Gasteiger partial charge in [0, 0.05) is 18.7 Å². The van der Waals surface area contributed by atoms with Crippen LogP contribution in [0, 0.1) is 0 Å². The van der Waals surface area contributed by atoms with Crippen LogP contribution in [0.2, 0.25) is 0 Å². The first-order valence-electron chi connectivity index (χ1n) is 10.1. The van der Waals surface area contributed by atoms with Crippen LogP contribution in [0.1, 0.15) is 28.8 Å². The Morgan fingerprint density at radius 1 is 0.793 bits per heavy atom. The van der Waals surface area contributed by atoms with Crippen molar-refractivity contribution >= 4 is 5.91 Å². The first kappa shape index (κ1) is 19.2. The standard InChI is InChI=1S/C25H25NO3/c27-25(21-11-13-24(14-12-21)29-23-9-5-2-6-10-23)26-17-15-22(16-18-26)28-19-20-7-3-1-4-8-20/h1-14,22H,15-19H2. The van der Waals surface area contributed by atoms with Crippen molar-refractivity contribution in [2.45, 2.75) is 25.6 Å². The molecule has 0 aliphatic carbocycles. The summed E-state index contributed by atoms with van der Waals surface area (Å²) in [5, 5.41) is 0. The summed E-state index contributed by atoms with van der Waals surface area (Å²) >= 11 is 0. The Balaban J connectivity index is 1.27. The third-order valence-corrected chi connectivity index (χ3v) is 5.14. The number of ether oxygens (including phenoxy) is 2. The van der Waals surface area contributed by atoms with E-state index in [2.05, 4.69) is 12.1 Å². The molecule has 3 aromatic rings. The van der Waals surface area contributed by atoms with Gasteiger partial charge in [0.25, 0.3) is 5.91 Å². The number of para-hydroxylation sites is 1. The van der Waals surface area contributed by atoms with Gasteiger partial charge in [-0.1, -0.05) is 48.5 Å². The molecule has 29 heavy (non-hydrogen) atoms. The van der Waals surface area contributed by atoms with Gasteiger partial charge in [0.1, 0.15) is 11.5 Å². The molecule has 0 atom stereocenters. The normalized spacial score (nSPS) is 14.6. The van der Waals surface area contributed by atoms with Gasteiger partial charge in [-0.05, 0) is 54.8 Å². The fraction of sp³-hybridized carbons (Fsp3) is 0.240. The van der Waals surface area contributed by atoms with E-state index in [1.165, 1.54) is 5.56 Å². The molecule has 4 rings (SSSR count). The zero-order chi connectivity index (χ0) is 19.9. The summed E-state index contributed by atoms with van der Waals surface area (Å²) in [4.78, 5) is 14.7. The van der Waals surface area contributed by atoms with Gasteiger partial charge in [-0.15, -0.1) is 0 Å². The predicted molar refractivity (Wildman–Crippen MR) is 113 cm³/mol. The third kappa shape index (κ3) is 5.24. The second-order valence-corrected chi connectivity index (χ2v) is 7.23. The molecule has 1 heterocycles. The molecule has 0 saturated carbocycles. The largest absolute Gasteiger partial charge is 0.457 e. The summed E-state index contributed by atoms with van der Waals surface area (Å²) in [7, 11) is 0. The van der Waals surface area contributed by atoms with Gasteiger partial charge < -0.3 is 14.4 Å². The molecule has 0 unspecified atom stereocenters. The third-order valence-electron chi connectivity index (χ3n) is 5.14. The molecular weight excluding hydrogens is 362 g/mol. The average Bonchev–Trinajstić information content (AvgIpc) is 2.79. The highest BCUT2D eigenvalue weighted by atomic mass is 16.5. The lowest BCUT2D eigenvalue weighted by molar-refractivity contribution is -0.000379. The molecule has 1 aliphatic heterocycles. The Morgan fingerprint density at radius 2 is 1.38 bits per heavy atom. The van der Waals surface area contributed by atoms with Crippen LogP contribution in [0.4, 0.5) is 0 Å². The summed E-state index contributed by atoms with van der Waals surface area (Å²) in [6.07, 6.45) is 1.95. The summed E-state index contributed by atoms with van der Waals surface area (Å²) in [5.41, 5.74) is 1.87. The number of amides is 1. The minimum atomic E-state index is 0.0674. The van der Waals surface area contributed by atoms with E-state index in [1.807, 2.05) is 77.7 Å². The zero-order valence-electron chi connectivity index (χ0n) is 16.4. The maximum Gasteiger partial charge on any atom is 0.253 e. The number of hydrogen-bond acceptors (Lipinski definition) is 3. The first-order chi connectivity index (χ1) is 14.3.